The first-order valence-electron chi connectivity index (χ1n) is 10.4. The molecule has 1 saturated heterocycles. The second-order valence-electron chi connectivity index (χ2n) is 8.84. The van der Waals surface area contributed by atoms with E-state index in [1.165, 1.54) is 0 Å². The highest BCUT2D eigenvalue weighted by Crippen LogP contribution is 2.34. The molecule has 2 rings (SSSR count). The molecule has 4 atom stereocenters. The fourth-order valence-electron chi connectivity index (χ4n) is 3.38. The fourth-order valence-corrected chi connectivity index (χ4v) is 3.38. The Balaban J connectivity index is 2.24. The normalized spacial score (nSPS) is 21.4. The van der Waals surface area contributed by atoms with Crippen molar-refractivity contribution in [2.75, 3.05) is 0 Å². The standard InChI is InChI=1S/C23H33NO5/c1-7-15(2)13-14-18(21(26)29-23(4,5)6)20(25)24-16(3)19(28-22(24)27)17-11-9-8-10-12-17/h8-12,15-16,18-19H,7,13-14H2,1-6H3/t15-,16-,18?,19-/m1/s1. The maximum Gasteiger partial charge on any atom is 0.417 e. The van der Waals surface area contributed by atoms with Gasteiger partial charge in [-0.3, -0.25) is 9.59 Å². The van der Waals surface area contributed by atoms with Crippen molar-refractivity contribution in [3.63, 3.8) is 0 Å². The molecule has 1 aromatic carbocycles. The second kappa shape index (κ2) is 9.42. The Kier molecular flexibility index (Phi) is 7.44. The Morgan fingerprint density at radius 1 is 1.17 bits per heavy atom. The molecule has 0 aliphatic carbocycles. The van der Waals surface area contributed by atoms with Crippen molar-refractivity contribution in [1.82, 2.24) is 4.90 Å². The number of amides is 2. The fraction of sp³-hybridized carbons (Fsp3) is 0.609. The van der Waals surface area contributed by atoms with Crippen molar-refractivity contribution in [3.8, 4) is 0 Å². The molecule has 0 saturated carbocycles. The molecule has 6 nitrogen and oxygen atoms in total. The van der Waals surface area contributed by atoms with Gasteiger partial charge in [-0.2, -0.15) is 0 Å². The highest BCUT2D eigenvalue weighted by Gasteiger charge is 2.47. The van der Waals surface area contributed by atoms with Crippen LogP contribution in [0.3, 0.4) is 0 Å². The van der Waals surface area contributed by atoms with E-state index >= 15 is 0 Å². The average Bonchev–Trinajstić information content (AvgIpc) is 2.95. The lowest BCUT2D eigenvalue weighted by molar-refractivity contribution is -0.164. The summed E-state index contributed by atoms with van der Waals surface area (Å²) in [6.45, 7) is 11.2. The van der Waals surface area contributed by atoms with Crippen LogP contribution in [0.2, 0.25) is 0 Å². The first kappa shape index (κ1) is 22.9. The summed E-state index contributed by atoms with van der Waals surface area (Å²) >= 11 is 0. The third kappa shape index (κ3) is 5.81. The Hall–Kier alpha value is -2.37. The lowest BCUT2D eigenvalue weighted by Crippen LogP contribution is -2.45. The molecule has 1 aliphatic rings. The highest BCUT2D eigenvalue weighted by molar-refractivity contribution is 6.04. The summed E-state index contributed by atoms with van der Waals surface area (Å²) in [5, 5.41) is 0. The maximum absolute atomic E-state index is 13.3. The van der Waals surface area contributed by atoms with E-state index in [0.29, 0.717) is 18.8 Å². The molecule has 2 amide bonds. The molecule has 1 fully saturated rings. The third-order valence-corrected chi connectivity index (χ3v) is 5.27. The van der Waals surface area contributed by atoms with Crippen molar-refractivity contribution < 1.29 is 23.9 Å². The summed E-state index contributed by atoms with van der Waals surface area (Å²) in [7, 11) is 0. The van der Waals surface area contributed by atoms with E-state index in [-0.39, 0.29) is 0 Å². The number of cyclic esters (lactones) is 1. The number of rotatable bonds is 7. The lowest BCUT2D eigenvalue weighted by Gasteiger charge is -2.27. The zero-order chi connectivity index (χ0) is 21.8. The van der Waals surface area contributed by atoms with Crippen LogP contribution < -0.4 is 0 Å². The number of benzene rings is 1. The number of carbonyl (C=O) groups excluding carboxylic acids is 3. The molecule has 0 N–H and O–H groups in total. The van der Waals surface area contributed by atoms with Crippen molar-refractivity contribution in [1.29, 1.82) is 0 Å². The van der Waals surface area contributed by atoms with Crippen LogP contribution in [0, 0.1) is 11.8 Å². The number of esters is 1. The second-order valence-corrected chi connectivity index (χ2v) is 8.84. The van der Waals surface area contributed by atoms with Gasteiger partial charge in [-0.1, -0.05) is 50.6 Å². The highest BCUT2D eigenvalue weighted by atomic mass is 16.6. The van der Waals surface area contributed by atoms with E-state index in [9.17, 15) is 14.4 Å². The SMILES string of the molecule is CC[C@@H](C)CCC(C(=O)OC(C)(C)C)C(=O)N1C(=O)O[C@@H](c2ccccc2)[C@H]1C. The van der Waals surface area contributed by atoms with E-state index in [2.05, 4.69) is 13.8 Å². The lowest BCUT2D eigenvalue weighted by atomic mass is 9.93. The van der Waals surface area contributed by atoms with Gasteiger partial charge >= 0.3 is 12.1 Å². The van der Waals surface area contributed by atoms with Crippen molar-refractivity contribution in [3.05, 3.63) is 35.9 Å². The number of nitrogens with zero attached hydrogens (tertiary/aromatic N) is 1. The van der Waals surface area contributed by atoms with E-state index in [1.54, 1.807) is 27.7 Å². The van der Waals surface area contributed by atoms with Crippen molar-refractivity contribution in [2.24, 2.45) is 11.8 Å². The first-order valence-corrected chi connectivity index (χ1v) is 10.4. The van der Waals surface area contributed by atoms with Gasteiger partial charge < -0.3 is 9.47 Å². The number of hydrogen-bond donors (Lipinski definition) is 0. The zero-order valence-electron chi connectivity index (χ0n) is 18.3. The van der Waals surface area contributed by atoms with Crippen LogP contribution in [0.25, 0.3) is 0 Å². The molecule has 0 radical (unpaired) electrons. The molecule has 1 heterocycles. The van der Waals surface area contributed by atoms with E-state index in [0.717, 1.165) is 16.9 Å². The molecule has 0 spiro atoms. The van der Waals surface area contributed by atoms with Gasteiger partial charge in [0.15, 0.2) is 0 Å². The van der Waals surface area contributed by atoms with Crippen LogP contribution in [0.15, 0.2) is 30.3 Å². The van der Waals surface area contributed by atoms with Crippen LogP contribution in [0.4, 0.5) is 4.79 Å². The molecule has 1 aromatic rings. The summed E-state index contributed by atoms with van der Waals surface area (Å²) < 4.78 is 11.0. The van der Waals surface area contributed by atoms with Gasteiger partial charge in [-0.15, -0.1) is 0 Å². The Morgan fingerprint density at radius 2 is 1.79 bits per heavy atom. The number of imide groups is 1. The third-order valence-electron chi connectivity index (χ3n) is 5.27. The van der Waals surface area contributed by atoms with Gasteiger partial charge in [0.2, 0.25) is 5.91 Å². The van der Waals surface area contributed by atoms with Gasteiger partial charge in [-0.05, 0) is 52.0 Å². The molecule has 1 aliphatic heterocycles. The average molecular weight is 404 g/mol. The summed E-state index contributed by atoms with van der Waals surface area (Å²) in [6, 6.07) is 8.80. The summed E-state index contributed by atoms with van der Waals surface area (Å²) in [6.07, 6.45) is 0.726. The molecule has 0 aromatic heterocycles. The van der Waals surface area contributed by atoms with E-state index in [1.807, 2.05) is 30.3 Å². The van der Waals surface area contributed by atoms with Crippen molar-refractivity contribution >= 4 is 18.0 Å². The minimum absolute atomic E-state index is 0.343. The summed E-state index contributed by atoms with van der Waals surface area (Å²) in [5.41, 5.74) is 0.104. The first-order chi connectivity index (χ1) is 13.5. The van der Waals surface area contributed by atoms with Gasteiger partial charge in [0.05, 0.1) is 6.04 Å². The van der Waals surface area contributed by atoms with Crippen LogP contribution in [0.5, 0.6) is 0 Å². The number of hydrogen-bond acceptors (Lipinski definition) is 5. The minimum Gasteiger partial charge on any atom is -0.459 e. The molecular formula is C23H33NO5. The summed E-state index contributed by atoms with van der Waals surface area (Å²) in [5.74, 6) is -1.78. The maximum atomic E-state index is 13.3. The van der Waals surface area contributed by atoms with Crippen LogP contribution in [-0.2, 0) is 19.1 Å². The Labute approximate surface area is 173 Å². The van der Waals surface area contributed by atoms with Gasteiger partial charge in [0.1, 0.15) is 17.6 Å². The predicted octanol–water partition coefficient (Wildman–Crippen LogP) is 4.88. The summed E-state index contributed by atoms with van der Waals surface area (Å²) in [4.78, 5) is 39.7. The number of carbonyl (C=O) groups is 3. The van der Waals surface area contributed by atoms with Gasteiger partial charge in [-0.25, -0.2) is 9.69 Å². The number of ether oxygens (including phenoxy) is 2. The largest absolute Gasteiger partial charge is 0.459 e. The quantitative estimate of drug-likeness (QED) is 0.479. The molecule has 29 heavy (non-hydrogen) atoms. The predicted molar refractivity (Wildman–Crippen MR) is 110 cm³/mol. The smallest absolute Gasteiger partial charge is 0.417 e. The van der Waals surface area contributed by atoms with E-state index in [4.69, 9.17) is 9.47 Å². The Morgan fingerprint density at radius 3 is 2.34 bits per heavy atom. The van der Waals surface area contributed by atoms with E-state index < -0.39 is 41.6 Å². The molecule has 160 valence electrons. The van der Waals surface area contributed by atoms with Gasteiger partial charge in [0, 0.05) is 0 Å². The molecular weight excluding hydrogens is 370 g/mol. The molecule has 1 unspecified atom stereocenters. The van der Waals surface area contributed by atoms with Crippen LogP contribution in [0.1, 0.15) is 72.5 Å². The van der Waals surface area contributed by atoms with Gasteiger partial charge in [0.25, 0.3) is 0 Å². The topological polar surface area (TPSA) is 72.9 Å². The molecule has 0 bridgehead atoms. The Bertz CT molecular complexity index is 725. The van der Waals surface area contributed by atoms with Crippen LogP contribution >= 0.6 is 0 Å². The molecule has 6 heteroatoms. The monoisotopic (exact) mass is 403 g/mol. The van der Waals surface area contributed by atoms with Crippen molar-refractivity contribution in [2.45, 2.75) is 78.6 Å². The minimum atomic E-state index is -1.02. The van der Waals surface area contributed by atoms with Crippen LogP contribution in [-0.4, -0.2) is 34.5 Å². The zero-order valence-corrected chi connectivity index (χ0v) is 18.3.